The molecule has 0 bridgehead atoms. The number of rotatable bonds is 6. The Morgan fingerprint density at radius 1 is 1.29 bits per heavy atom. The largest absolute Gasteiger partial charge is 0.461 e. The van der Waals surface area contributed by atoms with Crippen molar-refractivity contribution in [2.45, 2.75) is 24.9 Å². The first-order valence-electron chi connectivity index (χ1n) is 8.25. The van der Waals surface area contributed by atoms with Crippen molar-refractivity contribution >= 4 is 35.3 Å². The predicted molar refractivity (Wildman–Crippen MR) is 97.6 cm³/mol. The fraction of sp³-hybridized carbons (Fsp3) is 0.353. The van der Waals surface area contributed by atoms with Crippen LogP contribution in [0.5, 0.6) is 0 Å². The number of non-ortho nitro benzene ring substituents is 1. The minimum atomic E-state index is -0.744. The summed E-state index contributed by atoms with van der Waals surface area (Å²) in [5.41, 5.74) is 6.76. The Morgan fingerprint density at radius 2 is 1.96 bits per heavy atom. The van der Waals surface area contributed by atoms with Crippen molar-refractivity contribution in [1.29, 1.82) is 0 Å². The lowest BCUT2D eigenvalue weighted by atomic mass is 10.0. The Morgan fingerprint density at radius 3 is 2.57 bits per heavy atom. The van der Waals surface area contributed by atoms with E-state index in [4.69, 9.17) is 15.2 Å². The molecule has 1 fully saturated rings. The zero-order chi connectivity index (χ0) is 20.4. The number of nitrogens with two attached hydrogens (primary N) is 1. The number of amides is 1. The summed E-state index contributed by atoms with van der Waals surface area (Å²) in [5, 5.41) is 10.3. The third-order valence-electron chi connectivity index (χ3n) is 4.25. The summed E-state index contributed by atoms with van der Waals surface area (Å²) in [6, 6.07) is 4.87. The molecule has 1 aromatic carbocycles. The highest BCUT2D eigenvalue weighted by Crippen LogP contribution is 2.39. The molecule has 1 amide bonds. The highest BCUT2D eigenvalue weighted by atomic mass is 32.2. The maximum absolute atomic E-state index is 12.7. The van der Waals surface area contributed by atoms with Crippen LogP contribution in [0.25, 0.3) is 0 Å². The molecular formula is C17H17N3O7S. The van der Waals surface area contributed by atoms with Gasteiger partial charge < -0.3 is 15.2 Å². The van der Waals surface area contributed by atoms with E-state index in [2.05, 4.69) is 0 Å². The van der Waals surface area contributed by atoms with E-state index in [1.54, 1.807) is 0 Å². The Hall–Kier alpha value is -2.92. The topological polar surface area (TPSA) is 142 Å². The molecule has 0 spiro atoms. The van der Waals surface area contributed by atoms with Crippen molar-refractivity contribution in [2.75, 3.05) is 12.4 Å². The normalized spacial score (nSPS) is 20.9. The predicted octanol–water partition coefficient (Wildman–Crippen LogP) is 0.698. The van der Waals surface area contributed by atoms with E-state index in [1.165, 1.54) is 47.9 Å². The van der Waals surface area contributed by atoms with Crippen LogP contribution < -0.4 is 5.73 Å². The van der Waals surface area contributed by atoms with Crippen molar-refractivity contribution in [1.82, 2.24) is 4.90 Å². The average molecular weight is 407 g/mol. The molecule has 2 atom stereocenters. The third-order valence-corrected chi connectivity index (χ3v) is 5.61. The quantitative estimate of drug-likeness (QED) is 0.312. The Kier molecular flexibility index (Phi) is 5.66. The van der Waals surface area contributed by atoms with Gasteiger partial charge in [-0.1, -0.05) is 0 Å². The van der Waals surface area contributed by atoms with Gasteiger partial charge in [-0.3, -0.25) is 24.6 Å². The molecular weight excluding hydrogens is 390 g/mol. The molecule has 28 heavy (non-hydrogen) atoms. The second-order valence-corrected chi connectivity index (χ2v) is 7.27. The molecule has 0 radical (unpaired) electrons. The smallest absolute Gasteiger partial charge is 0.355 e. The molecule has 1 aromatic rings. The zero-order valence-corrected chi connectivity index (χ0v) is 15.6. The van der Waals surface area contributed by atoms with Crippen molar-refractivity contribution in [2.24, 2.45) is 5.73 Å². The number of thioether (sulfide) groups is 1. The number of carbonyl (C=O) groups is 3. The van der Waals surface area contributed by atoms with Gasteiger partial charge >= 0.3 is 11.9 Å². The van der Waals surface area contributed by atoms with Crippen LogP contribution in [0.15, 0.2) is 35.5 Å². The maximum atomic E-state index is 12.7. The summed E-state index contributed by atoms with van der Waals surface area (Å²) < 4.78 is 10.3. The van der Waals surface area contributed by atoms with Crippen LogP contribution in [0, 0.1) is 10.1 Å². The lowest BCUT2D eigenvalue weighted by molar-refractivity contribution is -0.384. The van der Waals surface area contributed by atoms with Gasteiger partial charge in [0, 0.05) is 30.4 Å². The number of fused-ring (bicyclic) bond motifs is 1. The van der Waals surface area contributed by atoms with Crippen LogP contribution in [0.3, 0.4) is 0 Å². The number of esters is 2. The standard InChI is InChI=1S/C17H17N3O7S/c1-9(21)26-7-11-8-28-16-13(18)15(22)19(16)14(11)17(23)27-6-10-2-4-12(5-3-10)20(24)25/h2-5,13,16H,6-8,18H2,1H3/t13?,16-/m1/s1. The second-order valence-electron chi connectivity index (χ2n) is 6.17. The summed E-state index contributed by atoms with van der Waals surface area (Å²) in [7, 11) is 0. The minimum Gasteiger partial charge on any atom is -0.461 e. The third kappa shape index (κ3) is 3.85. The fourth-order valence-electron chi connectivity index (χ4n) is 2.80. The highest BCUT2D eigenvalue weighted by Gasteiger charge is 2.52. The zero-order valence-electron chi connectivity index (χ0n) is 14.8. The van der Waals surface area contributed by atoms with E-state index < -0.39 is 28.8 Å². The molecule has 1 unspecified atom stereocenters. The molecule has 2 N–H and O–H groups in total. The van der Waals surface area contributed by atoms with Crippen LogP contribution in [0.4, 0.5) is 5.69 Å². The molecule has 11 heteroatoms. The number of ether oxygens (including phenoxy) is 2. The molecule has 2 aliphatic rings. The summed E-state index contributed by atoms with van der Waals surface area (Å²) in [4.78, 5) is 47.4. The van der Waals surface area contributed by atoms with Gasteiger partial charge in [0.25, 0.3) is 5.69 Å². The van der Waals surface area contributed by atoms with Crippen molar-refractivity contribution in [3.05, 3.63) is 51.2 Å². The van der Waals surface area contributed by atoms with Gasteiger partial charge in [0.05, 0.1) is 4.92 Å². The Balaban J connectivity index is 1.75. The Bertz CT molecular complexity index is 868. The van der Waals surface area contributed by atoms with Gasteiger partial charge in [-0.2, -0.15) is 0 Å². The minimum absolute atomic E-state index is 0.0404. The van der Waals surface area contributed by atoms with E-state index >= 15 is 0 Å². The first kappa shape index (κ1) is 19.8. The van der Waals surface area contributed by atoms with Crippen LogP contribution >= 0.6 is 11.8 Å². The van der Waals surface area contributed by atoms with E-state index in [9.17, 15) is 24.5 Å². The van der Waals surface area contributed by atoms with Gasteiger partial charge in [0.2, 0.25) is 5.91 Å². The maximum Gasteiger partial charge on any atom is 0.355 e. The van der Waals surface area contributed by atoms with Crippen LogP contribution in [0.2, 0.25) is 0 Å². The lowest BCUT2D eigenvalue weighted by Crippen LogP contribution is -2.68. The molecule has 148 valence electrons. The molecule has 0 aliphatic carbocycles. The summed E-state index contributed by atoms with van der Waals surface area (Å²) >= 11 is 1.38. The Labute approximate surface area is 163 Å². The molecule has 0 saturated carbocycles. The molecule has 10 nitrogen and oxygen atoms in total. The van der Waals surface area contributed by atoms with Crippen LogP contribution in [0.1, 0.15) is 12.5 Å². The summed E-state index contributed by atoms with van der Waals surface area (Å²) in [6.45, 7) is 0.986. The van der Waals surface area contributed by atoms with Crippen molar-refractivity contribution in [3.8, 4) is 0 Å². The average Bonchev–Trinajstić information content (AvgIpc) is 2.69. The molecule has 2 heterocycles. The van der Waals surface area contributed by atoms with Gasteiger partial charge in [-0.15, -0.1) is 11.8 Å². The number of nitro benzene ring substituents is 1. The number of nitrogens with zero attached hydrogens (tertiary/aromatic N) is 2. The van der Waals surface area contributed by atoms with Gasteiger partial charge in [0.15, 0.2) is 0 Å². The van der Waals surface area contributed by atoms with Crippen molar-refractivity contribution < 1.29 is 28.8 Å². The number of benzene rings is 1. The van der Waals surface area contributed by atoms with E-state index in [0.717, 1.165) is 0 Å². The first-order valence-corrected chi connectivity index (χ1v) is 9.30. The van der Waals surface area contributed by atoms with Gasteiger partial charge in [0.1, 0.15) is 30.3 Å². The lowest BCUT2D eigenvalue weighted by Gasteiger charge is -2.48. The van der Waals surface area contributed by atoms with Gasteiger partial charge in [-0.25, -0.2) is 4.79 Å². The number of carbonyl (C=O) groups excluding carboxylic acids is 3. The number of hydrogen-bond donors (Lipinski definition) is 1. The van der Waals surface area contributed by atoms with Gasteiger partial charge in [-0.05, 0) is 17.7 Å². The van der Waals surface area contributed by atoms with Crippen LogP contribution in [-0.2, 0) is 30.5 Å². The molecule has 2 aliphatic heterocycles. The summed E-state index contributed by atoms with van der Waals surface area (Å²) in [6.07, 6.45) is 0. The van der Waals surface area contributed by atoms with E-state index in [1.807, 2.05) is 0 Å². The SMILES string of the molecule is CC(=O)OCC1=C(C(=O)OCc2ccc([N+](=O)[O-])cc2)N2C(=O)C(N)[C@H]2SC1. The molecule has 3 rings (SSSR count). The molecule has 0 aromatic heterocycles. The number of hydrogen-bond acceptors (Lipinski definition) is 9. The second kappa shape index (κ2) is 7.98. The monoisotopic (exact) mass is 407 g/mol. The fourth-order valence-corrected chi connectivity index (χ4v) is 4.07. The first-order chi connectivity index (χ1) is 13.3. The summed E-state index contributed by atoms with van der Waals surface area (Å²) in [5.74, 6) is -1.28. The highest BCUT2D eigenvalue weighted by molar-refractivity contribution is 8.00. The van der Waals surface area contributed by atoms with E-state index in [-0.39, 0.29) is 30.0 Å². The molecule has 1 saturated heterocycles. The number of β-lactam (4-membered cyclic amide) rings is 1. The van der Waals surface area contributed by atoms with Crippen molar-refractivity contribution in [3.63, 3.8) is 0 Å². The van der Waals surface area contributed by atoms with Crippen LogP contribution in [-0.4, -0.2) is 51.4 Å². The van der Waals surface area contributed by atoms with E-state index in [0.29, 0.717) is 16.9 Å². The number of nitro groups is 1.